The van der Waals surface area contributed by atoms with Crippen molar-refractivity contribution in [2.24, 2.45) is 15.1 Å². The van der Waals surface area contributed by atoms with E-state index >= 15 is 0 Å². The highest BCUT2D eigenvalue weighted by Crippen LogP contribution is 2.17. The van der Waals surface area contributed by atoms with Crippen molar-refractivity contribution in [2.75, 3.05) is 0 Å². The minimum absolute atomic E-state index is 0.155. The highest BCUT2D eigenvalue weighted by Gasteiger charge is 2.32. The van der Waals surface area contributed by atoms with Gasteiger partial charge in [0, 0.05) is 6.04 Å². The van der Waals surface area contributed by atoms with E-state index in [2.05, 4.69) is 9.39 Å². The summed E-state index contributed by atoms with van der Waals surface area (Å²) in [7, 11) is -3.91. The summed E-state index contributed by atoms with van der Waals surface area (Å²) in [5.41, 5.74) is 6.64. The fraction of sp³-hybridized carbons (Fsp3) is 0.333. The Morgan fingerprint density at radius 3 is 2.60 bits per heavy atom. The largest absolute Gasteiger partial charge is 0.424 e. The SMILES string of the molecule is Cc1cccc(OC2=NS(=O)(=O)N(C(C)C)C(N)=N2)c1. The van der Waals surface area contributed by atoms with Crippen LogP contribution in [0.5, 0.6) is 5.75 Å². The molecule has 2 N–H and O–H groups in total. The maximum Gasteiger partial charge on any atom is 0.351 e. The number of aryl methyl sites for hydroxylation is 1. The van der Waals surface area contributed by atoms with E-state index < -0.39 is 10.2 Å². The minimum atomic E-state index is -3.91. The molecule has 1 aromatic rings. The van der Waals surface area contributed by atoms with E-state index in [-0.39, 0.29) is 18.0 Å². The van der Waals surface area contributed by atoms with Gasteiger partial charge < -0.3 is 10.5 Å². The van der Waals surface area contributed by atoms with Gasteiger partial charge in [-0.25, -0.2) is 4.31 Å². The number of ether oxygens (including phenoxy) is 1. The van der Waals surface area contributed by atoms with Crippen molar-refractivity contribution in [3.63, 3.8) is 0 Å². The summed E-state index contributed by atoms with van der Waals surface area (Å²) < 4.78 is 33.8. The number of amidine groups is 1. The molecule has 0 atom stereocenters. The van der Waals surface area contributed by atoms with Gasteiger partial charge in [-0.05, 0) is 38.5 Å². The molecule has 1 aromatic carbocycles. The fourth-order valence-electron chi connectivity index (χ4n) is 1.79. The summed E-state index contributed by atoms with van der Waals surface area (Å²) in [6.07, 6.45) is 0. The Balaban J connectivity index is 2.32. The van der Waals surface area contributed by atoms with Crippen LogP contribution in [0.15, 0.2) is 33.7 Å². The Labute approximate surface area is 118 Å². The quantitative estimate of drug-likeness (QED) is 0.880. The predicted molar refractivity (Wildman–Crippen MR) is 76.8 cm³/mol. The normalized spacial score (nSPS) is 17.7. The van der Waals surface area contributed by atoms with Crippen molar-refractivity contribution in [3.05, 3.63) is 29.8 Å². The molecule has 20 heavy (non-hydrogen) atoms. The van der Waals surface area contributed by atoms with Gasteiger partial charge in [-0.2, -0.15) is 13.4 Å². The van der Waals surface area contributed by atoms with Gasteiger partial charge in [-0.15, -0.1) is 0 Å². The number of nitrogens with two attached hydrogens (primary N) is 1. The number of nitrogens with zero attached hydrogens (tertiary/aromatic N) is 3. The lowest BCUT2D eigenvalue weighted by atomic mass is 10.2. The second-order valence-corrected chi connectivity index (χ2v) is 6.10. The van der Waals surface area contributed by atoms with Crippen molar-refractivity contribution in [1.82, 2.24) is 4.31 Å². The first kappa shape index (κ1) is 14.3. The van der Waals surface area contributed by atoms with Crippen LogP contribution in [0, 0.1) is 6.92 Å². The zero-order valence-corrected chi connectivity index (χ0v) is 12.3. The van der Waals surface area contributed by atoms with Crippen molar-refractivity contribution in [3.8, 4) is 5.75 Å². The molecule has 2 rings (SSSR count). The molecule has 0 saturated heterocycles. The van der Waals surface area contributed by atoms with Crippen LogP contribution in [-0.2, 0) is 10.2 Å². The second-order valence-electron chi connectivity index (χ2n) is 4.63. The van der Waals surface area contributed by atoms with Crippen LogP contribution in [-0.4, -0.2) is 30.7 Å². The molecule has 1 aliphatic heterocycles. The van der Waals surface area contributed by atoms with Crippen molar-refractivity contribution in [2.45, 2.75) is 26.8 Å². The zero-order chi connectivity index (χ0) is 14.9. The van der Waals surface area contributed by atoms with Crippen molar-refractivity contribution in [1.29, 1.82) is 0 Å². The molecule has 0 unspecified atom stereocenters. The molecule has 108 valence electrons. The van der Waals surface area contributed by atoms with Gasteiger partial charge in [-0.1, -0.05) is 16.5 Å². The molecule has 1 aliphatic rings. The van der Waals surface area contributed by atoms with E-state index in [0.29, 0.717) is 5.75 Å². The summed E-state index contributed by atoms with van der Waals surface area (Å²) in [5.74, 6) is 0.297. The van der Waals surface area contributed by atoms with E-state index in [0.717, 1.165) is 9.87 Å². The molecule has 0 spiro atoms. The van der Waals surface area contributed by atoms with Gasteiger partial charge in [-0.3, -0.25) is 0 Å². The summed E-state index contributed by atoms with van der Waals surface area (Å²) in [5, 5.41) is 0. The van der Waals surface area contributed by atoms with Gasteiger partial charge in [0.1, 0.15) is 5.75 Å². The molecular formula is C12H16N4O3S. The Morgan fingerprint density at radius 1 is 1.35 bits per heavy atom. The molecule has 0 amide bonds. The van der Waals surface area contributed by atoms with Crippen LogP contribution < -0.4 is 10.5 Å². The van der Waals surface area contributed by atoms with Crippen molar-refractivity contribution < 1.29 is 13.2 Å². The van der Waals surface area contributed by atoms with E-state index in [1.165, 1.54) is 0 Å². The van der Waals surface area contributed by atoms with Crippen LogP contribution >= 0.6 is 0 Å². The van der Waals surface area contributed by atoms with Crippen LogP contribution in [0.4, 0.5) is 0 Å². The molecule has 0 aliphatic carbocycles. The predicted octanol–water partition coefficient (Wildman–Crippen LogP) is 1.01. The van der Waals surface area contributed by atoms with E-state index in [9.17, 15) is 8.42 Å². The number of rotatable bonds is 2. The maximum absolute atomic E-state index is 12.0. The Kier molecular flexibility index (Phi) is 3.67. The van der Waals surface area contributed by atoms with Crippen LogP contribution in [0.3, 0.4) is 0 Å². The molecular weight excluding hydrogens is 280 g/mol. The maximum atomic E-state index is 12.0. The third kappa shape index (κ3) is 2.90. The summed E-state index contributed by atoms with van der Waals surface area (Å²) in [6.45, 7) is 5.26. The second kappa shape index (κ2) is 5.12. The van der Waals surface area contributed by atoms with E-state index in [4.69, 9.17) is 10.5 Å². The molecule has 0 bridgehead atoms. The minimum Gasteiger partial charge on any atom is -0.424 e. The van der Waals surface area contributed by atoms with Crippen molar-refractivity contribution >= 4 is 22.2 Å². The van der Waals surface area contributed by atoms with Gasteiger partial charge in [0.15, 0.2) is 0 Å². The lowest BCUT2D eigenvalue weighted by molar-refractivity contribution is 0.459. The number of aliphatic imine (C=N–C) groups is 1. The third-order valence-electron chi connectivity index (χ3n) is 2.55. The highest BCUT2D eigenvalue weighted by atomic mass is 32.2. The Morgan fingerprint density at radius 2 is 2.05 bits per heavy atom. The lowest BCUT2D eigenvalue weighted by Crippen LogP contribution is -2.48. The van der Waals surface area contributed by atoms with E-state index in [1.807, 2.05) is 13.0 Å². The number of hydrogen-bond acceptors (Lipinski definition) is 5. The van der Waals surface area contributed by atoms with Gasteiger partial charge in [0.25, 0.3) is 0 Å². The molecule has 7 nitrogen and oxygen atoms in total. The molecule has 0 radical (unpaired) electrons. The topological polar surface area (TPSA) is 97.3 Å². The smallest absolute Gasteiger partial charge is 0.351 e. The summed E-state index contributed by atoms with van der Waals surface area (Å²) in [4.78, 5) is 3.87. The summed E-state index contributed by atoms with van der Waals surface area (Å²) >= 11 is 0. The lowest BCUT2D eigenvalue weighted by Gasteiger charge is -2.26. The van der Waals surface area contributed by atoms with Crippen LogP contribution in [0.25, 0.3) is 0 Å². The third-order valence-corrected chi connectivity index (χ3v) is 4.04. The summed E-state index contributed by atoms with van der Waals surface area (Å²) in [6, 6.07) is 6.46. The fourth-order valence-corrected chi connectivity index (χ4v) is 2.96. The average Bonchev–Trinajstić information content (AvgIpc) is 2.25. The first-order valence-electron chi connectivity index (χ1n) is 6.02. The van der Waals surface area contributed by atoms with E-state index in [1.54, 1.807) is 32.0 Å². The van der Waals surface area contributed by atoms with Gasteiger partial charge in [0.2, 0.25) is 5.96 Å². The monoisotopic (exact) mass is 296 g/mol. The molecule has 8 heteroatoms. The van der Waals surface area contributed by atoms with Crippen LogP contribution in [0.2, 0.25) is 0 Å². The molecule has 0 fully saturated rings. The highest BCUT2D eigenvalue weighted by molar-refractivity contribution is 7.88. The first-order valence-corrected chi connectivity index (χ1v) is 7.42. The standard InChI is InChI=1S/C12H16N4O3S/c1-8(2)16-11(13)14-12(15-20(16,17)18)19-10-6-4-5-9(3)7-10/h4-8H,1-3H3,(H2,13,14,15). The zero-order valence-electron chi connectivity index (χ0n) is 11.4. The van der Waals surface area contributed by atoms with Gasteiger partial charge >= 0.3 is 16.2 Å². The average molecular weight is 296 g/mol. The first-order chi connectivity index (χ1) is 9.29. The molecule has 1 heterocycles. The number of guanidine groups is 1. The van der Waals surface area contributed by atoms with Gasteiger partial charge in [0.05, 0.1) is 0 Å². The Hall–Kier alpha value is -2.09. The molecule has 0 aromatic heterocycles. The Bertz CT molecular complexity index is 680. The number of benzene rings is 1. The number of hydrogen-bond donors (Lipinski definition) is 1. The molecule has 0 saturated carbocycles. The van der Waals surface area contributed by atoms with Crippen LogP contribution in [0.1, 0.15) is 19.4 Å².